The highest BCUT2D eigenvalue weighted by Gasteiger charge is 2.19. The van der Waals surface area contributed by atoms with Crippen molar-refractivity contribution in [3.63, 3.8) is 0 Å². The number of anilines is 1. The van der Waals surface area contributed by atoms with Gasteiger partial charge in [-0.05, 0) is 41.3 Å². The van der Waals surface area contributed by atoms with E-state index < -0.39 is 11.9 Å². The summed E-state index contributed by atoms with van der Waals surface area (Å²) in [6.07, 6.45) is 2.01. The van der Waals surface area contributed by atoms with Gasteiger partial charge in [-0.25, -0.2) is 9.59 Å². The Labute approximate surface area is 155 Å². The molecule has 1 aliphatic rings. The smallest absolute Gasteiger partial charge is 0.328 e. The number of nitrogens with one attached hydrogen (secondary N) is 1. The molecule has 2 aromatic carbocycles. The molecular weight excluding hydrogens is 356 g/mol. The predicted octanol–water partition coefficient (Wildman–Crippen LogP) is 3.07. The molecule has 2 aromatic rings. The number of carboxylic acid groups (broad SMARTS) is 2. The van der Waals surface area contributed by atoms with Crippen LogP contribution < -0.4 is 11.1 Å². The molecule has 0 spiro atoms. The van der Waals surface area contributed by atoms with Gasteiger partial charge in [-0.3, -0.25) is 0 Å². The Morgan fingerprint density at radius 3 is 2.38 bits per heavy atom. The topological polar surface area (TPSA) is 113 Å². The van der Waals surface area contributed by atoms with Crippen LogP contribution in [0, 0.1) is 0 Å². The maximum absolute atomic E-state index is 9.55. The molecule has 1 atom stereocenters. The number of carbonyl (C=O) groups is 2. The first-order valence-electron chi connectivity index (χ1n) is 7.87. The van der Waals surface area contributed by atoms with E-state index in [-0.39, 0.29) is 6.04 Å². The lowest BCUT2D eigenvalue weighted by molar-refractivity contribution is -0.134. The second kappa shape index (κ2) is 9.03. The van der Waals surface area contributed by atoms with Gasteiger partial charge in [-0.15, -0.1) is 0 Å². The Morgan fingerprint density at radius 1 is 1.12 bits per heavy atom. The first-order valence-corrected chi connectivity index (χ1v) is 8.25. The second-order valence-corrected chi connectivity index (χ2v) is 6.06. The largest absolute Gasteiger partial charge is 0.478 e. The molecule has 136 valence electrons. The van der Waals surface area contributed by atoms with Crippen LogP contribution in [0.2, 0.25) is 5.02 Å². The molecule has 1 heterocycles. The van der Waals surface area contributed by atoms with Crippen LogP contribution in [-0.2, 0) is 16.0 Å². The summed E-state index contributed by atoms with van der Waals surface area (Å²) in [7, 11) is 0. The number of hydrogen-bond acceptors (Lipinski definition) is 4. The van der Waals surface area contributed by atoms with Crippen LogP contribution >= 0.6 is 11.6 Å². The van der Waals surface area contributed by atoms with Gasteiger partial charge in [0.25, 0.3) is 0 Å². The minimum atomic E-state index is -1.26. The first kappa shape index (κ1) is 19.5. The van der Waals surface area contributed by atoms with Gasteiger partial charge >= 0.3 is 11.9 Å². The monoisotopic (exact) mass is 374 g/mol. The molecule has 1 aliphatic heterocycles. The summed E-state index contributed by atoms with van der Waals surface area (Å²) in [6.45, 7) is 0.582. The Bertz CT molecular complexity index is 820. The lowest BCUT2D eigenvalue weighted by Crippen LogP contribution is -2.20. The minimum absolute atomic E-state index is 0.170. The standard InChI is InChI=1S/C15H15ClN2.C4H4O4/c16-12-5-6-14-11(8-12)7-10-3-1-2-4-13(10)15(9-17)18-14;5-3(6)1-2-4(7)8/h1-6,8,15,18H,7,9,17H2;1-2H,(H,5,6)(H,7,8). The number of carboxylic acids is 2. The van der Waals surface area contributed by atoms with Gasteiger partial charge in [0.05, 0.1) is 6.04 Å². The highest BCUT2D eigenvalue weighted by atomic mass is 35.5. The third-order valence-corrected chi connectivity index (χ3v) is 4.05. The maximum atomic E-state index is 9.55. The quantitative estimate of drug-likeness (QED) is 0.614. The second-order valence-electron chi connectivity index (χ2n) is 5.62. The number of rotatable bonds is 3. The van der Waals surface area contributed by atoms with E-state index in [2.05, 4.69) is 29.6 Å². The number of nitrogens with two attached hydrogens (primary N) is 1. The summed E-state index contributed by atoms with van der Waals surface area (Å²) < 4.78 is 0. The zero-order chi connectivity index (χ0) is 19.1. The van der Waals surface area contributed by atoms with Crippen LogP contribution in [0.5, 0.6) is 0 Å². The van der Waals surface area contributed by atoms with Crippen molar-refractivity contribution in [2.45, 2.75) is 12.5 Å². The lowest BCUT2D eigenvalue weighted by atomic mass is 9.97. The van der Waals surface area contributed by atoms with Gasteiger partial charge in [-0.2, -0.15) is 0 Å². The molecule has 0 saturated carbocycles. The van der Waals surface area contributed by atoms with E-state index in [1.807, 2.05) is 18.2 Å². The molecular formula is C19H19ClN2O4. The van der Waals surface area contributed by atoms with Crippen molar-refractivity contribution >= 4 is 29.2 Å². The molecule has 0 amide bonds. The van der Waals surface area contributed by atoms with Crippen LogP contribution in [0.15, 0.2) is 54.6 Å². The molecule has 0 bridgehead atoms. The van der Waals surface area contributed by atoms with Crippen molar-refractivity contribution in [1.29, 1.82) is 0 Å². The van der Waals surface area contributed by atoms with Crippen molar-refractivity contribution < 1.29 is 19.8 Å². The van der Waals surface area contributed by atoms with Crippen molar-refractivity contribution in [3.8, 4) is 0 Å². The average molecular weight is 375 g/mol. The molecule has 3 rings (SSSR count). The summed E-state index contributed by atoms with van der Waals surface area (Å²) in [4.78, 5) is 19.1. The molecule has 7 heteroatoms. The Hall–Kier alpha value is -2.83. The molecule has 6 nitrogen and oxygen atoms in total. The summed E-state index contributed by atoms with van der Waals surface area (Å²) in [5, 5.41) is 19.9. The maximum Gasteiger partial charge on any atom is 0.328 e. The Balaban J connectivity index is 0.000000260. The van der Waals surface area contributed by atoms with E-state index in [1.165, 1.54) is 16.7 Å². The number of halogens is 1. The lowest BCUT2D eigenvalue weighted by Gasteiger charge is -2.18. The van der Waals surface area contributed by atoms with E-state index in [4.69, 9.17) is 27.5 Å². The fourth-order valence-corrected chi connectivity index (χ4v) is 2.88. The van der Waals surface area contributed by atoms with Crippen molar-refractivity contribution in [3.05, 3.63) is 76.3 Å². The van der Waals surface area contributed by atoms with Gasteiger partial charge in [0.15, 0.2) is 0 Å². The summed E-state index contributed by atoms with van der Waals surface area (Å²) in [6, 6.07) is 14.6. The fraction of sp³-hybridized carbons (Fsp3) is 0.158. The normalized spacial score (nSPS) is 14.9. The molecule has 0 fully saturated rings. The molecule has 0 aliphatic carbocycles. The van der Waals surface area contributed by atoms with E-state index in [0.29, 0.717) is 18.7 Å². The van der Waals surface area contributed by atoms with E-state index in [0.717, 1.165) is 17.1 Å². The molecule has 5 N–H and O–H groups in total. The van der Waals surface area contributed by atoms with E-state index in [9.17, 15) is 9.59 Å². The van der Waals surface area contributed by atoms with Gasteiger partial charge in [-0.1, -0.05) is 35.9 Å². The number of benzene rings is 2. The Kier molecular flexibility index (Phi) is 6.77. The van der Waals surface area contributed by atoms with Crippen LogP contribution in [0.25, 0.3) is 0 Å². The third-order valence-electron chi connectivity index (χ3n) is 3.81. The molecule has 0 radical (unpaired) electrons. The highest BCUT2D eigenvalue weighted by Crippen LogP contribution is 2.32. The third kappa shape index (κ3) is 5.34. The van der Waals surface area contributed by atoms with Gasteiger partial charge in [0.1, 0.15) is 0 Å². The predicted molar refractivity (Wildman–Crippen MR) is 101 cm³/mol. The zero-order valence-corrected chi connectivity index (χ0v) is 14.6. The van der Waals surface area contributed by atoms with Gasteiger partial charge in [0, 0.05) is 29.4 Å². The van der Waals surface area contributed by atoms with Crippen molar-refractivity contribution in [1.82, 2.24) is 0 Å². The molecule has 0 aromatic heterocycles. The number of hydrogen-bond donors (Lipinski definition) is 4. The number of aliphatic carboxylic acids is 2. The Morgan fingerprint density at radius 2 is 1.77 bits per heavy atom. The first-order chi connectivity index (χ1) is 12.4. The minimum Gasteiger partial charge on any atom is -0.478 e. The van der Waals surface area contributed by atoms with Crippen LogP contribution in [0.3, 0.4) is 0 Å². The molecule has 1 unspecified atom stereocenters. The molecule has 0 saturated heterocycles. The van der Waals surface area contributed by atoms with Gasteiger partial charge in [0.2, 0.25) is 0 Å². The van der Waals surface area contributed by atoms with Gasteiger partial charge < -0.3 is 21.3 Å². The fourth-order valence-electron chi connectivity index (χ4n) is 2.68. The highest BCUT2D eigenvalue weighted by molar-refractivity contribution is 6.30. The summed E-state index contributed by atoms with van der Waals surface area (Å²) in [5.41, 5.74) is 10.8. The average Bonchev–Trinajstić information content (AvgIpc) is 2.76. The summed E-state index contributed by atoms with van der Waals surface area (Å²) in [5.74, 6) is -2.51. The van der Waals surface area contributed by atoms with E-state index in [1.54, 1.807) is 0 Å². The van der Waals surface area contributed by atoms with Crippen molar-refractivity contribution in [2.75, 3.05) is 11.9 Å². The SMILES string of the molecule is NCC1Nc2ccc(Cl)cc2Cc2ccccc21.O=C(O)C=CC(=O)O. The van der Waals surface area contributed by atoms with Crippen LogP contribution in [0.1, 0.15) is 22.7 Å². The molecule has 26 heavy (non-hydrogen) atoms. The van der Waals surface area contributed by atoms with E-state index >= 15 is 0 Å². The van der Waals surface area contributed by atoms with Crippen LogP contribution in [-0.4, -0.2) is 28.7 Å². The van der Waals surface area contributed by atoms with Crippen molar-refractivity contribution in [2.24, 2.45) is 5.73 Å². The van der Waals surface area contributed by atoms with Crippen LogP contribution in [0.4, 0.5) is 5.69 Å². The summed E-state index contributed by atoms with van der Waals surface area (Å²) >= 11 is 6.07. The zero-order valence-electron chi connectivity index (χ0n) is 13.9. The number of fused-ring (bicyclic) bond motifs is 2.